The summed E-state index contributed by atoms with van der Waals surface area (Å²) in [6.07, 6.45) is 3.86. The van der Waals surface area contributed by atoms with Crippen LogP contribution in [0.1, 0.15) is 23.1 Å². The number of fused-ring (bicyclic) bond motifs is 1. The minimum absolute atomic E-state index is 0.641. The summed E-state index contributed by atoms with van der Waals surface area (Å²) in [6.45, 7) is 5.07. The highest BCUT2D eigenvalue weighted by molar-refractivity contribution is 5.65. The van der Waals surface area contributed by atoms with Gasteiger partial charge in [0.2, 0.25) is 0 Å². The van der Waals surface area contributed by atoms with Crippen LogP contribution in [0.5, 0.6) is 0 Å². The summed E-state index contributed by atoms with van der Waals surface area (Å²) in [5.74, 6) is 1.35. The fraction of sp³-hybridized carbons (Fsp3) is 0.250. The zero-order valence-electron chi connectivity index (χ0n) is 14.5. The van der Waals surface area contributed by atoms with Crippen molar-refractivity contribution in [3.8, 4) is 0 Å². The molecule has 0 bridgehead atoms. The van der Waals surface area contributed by atoms with Gasteiger partial charge in [0.25, 0.3) is 5.95 Å². The average molecular weight is 331 g/mol. The molecule has 0 radical (unpaired) electrons. The molecule has 2 heterocycles. The smallest absolute Gasteiger partial charge is 0.251 e. The third kappa shape index (κ3) is 3.18. The van der Waals surface area contributed by atoms with Crippen molar-refractivity contribution in [3.05, 3.63) is 65.4 Å². The molecule has 0 atom stereocenters. The van der Waals surface area contributed by atoms with Gasteiger partial charge in [0, 0.05) is 17.9 Å². The lowest BCUT2D eigenvalue weighted by Crippen LogP contribution is -2.26. The summed E-state index contributed by atoms with van der Waals surface area (Å²) >= 11 is 0. The molecule has 0 amide bonds. The van der Waals surface area contributed by atoms with Crippen LogP contribution in [0.25, 0.3) is 0 Å². The second-order valence-corrected chi connectivity index (χ2v) is 6.47. The first-order chi connectivity index (χ1) is 12.2. The lowest BCUT2D eigenvalue weighted by Gasteiger charge is -2.29. The maximum absolute atomic E-state index is 4.70. The molecule has 5 heteroatoms. The van der Waals surface area contributed by atoms with E-state index in [9.17, 15) is 0 Å². The molecule has 1 aromatic heterocycles. The van der Waals surface area contributed by atoms with Crippen molar-refractivity contribution in [2.75, 3.05) is 16.8 Å². The van der Waals surface area contributed by atoms with Gasteiger partial charge in [0.15, 0.2) is 5.82 Å². The van der Waals surface area contributed by atoms with Gasteiger partial charge in [-0.1, -0.05) is 30.3 Å². The third-order valence-corrected chi connectivity index (χ3v) is 4.56. The number of aromatic nitrogens is 3. The molecule has 4 rings (SSSR count). The Labute approximate surface area is 147 Å². The lowest BCUT2D eigenvalue weighted by atomic mass is 10.0. The first-order valence-corrected chi connectivity index (χ1v) is 8.60. The number of anilines is 4. The quantitative estimate of drug-likeness (QED) is 0.775. The maximum Gasteiger partial charge on any atom is 0.251 e. The van der Waals surface area contributed by atoms with E-state index in [4.69, 9.17) is 4.98 Å². The Kier molecular flexibility index (Phi) is 4.06. The summed E-state index contributed by atoms with van der Waals surface area (Å²) in [7, 11) is 0. The van der Waals surface area contributed by atoms with E-state index in [1.165, 1.54) is 22.4 Å². The molecule has 0 spiro atoms. The molecule has 0 fully saturated rings. The highest BCUT2D eigenvalue weighted by Gasteiger charge is 2.20. The molecule has 0 unspecified atom stereocenters. The Hall–Kier alpha value is -2.95. The number of nitrogens with one attached hydrogen (secondary N) is 1. The van der Waals surface area contributed by atoms with Crippen molar-refractivity contribution in [2.24, 2.45) is 0 Å². The first kappa shape index (κ1) is 15.6. The van der Waals surface area contributed by atoms with Crippen molar-refractivity contribution < 1.29 is 0 Å². The topological polar surface area (TPSA) is 53.9 Å². The van der Waals surface area contributed by atoms with E-state index < -0.39 is 0 Å². The summed E-state index contributed by atoms with van der Waals surface area (Å²) in [6, 6.07) is 14.8. The Bertz CT molecular complexity index is 906. The fourth-order valence-electron chi connectivity index (χ4n) is 3.22. The summed E-state index contributed by atoms with van der Waals surface area (Å²) in [4.78, 5) is 6.86. The second-order valence-electron chi connectivity index (χ2n) is 6.47. The van der Waals surface area contributed by atoms with Crippen molar-refractivity contribution in [1.29, 1.82) is 0 Å². The Morgan fingerprint density at radius 1 is 1.08 bits per heavy atom. The largest absolute Gasteiger partial charge is 0.339 e. The molecule has 2 aromatic carbocycles. The minimum atomic E-state index is 0.641. The number of benzene rings is 2. The van der Waals surface area contributed by atoms with Crippen molar-refractivity contribution in [3.63, 3.8) is 0 Å². The standard InChI is InChI=1S/C20H21N5/c1-14-9-10-15(2)17(12-14)22-19-13-21-24-20(23-19)25-11-5-7-16-6-3-4-8-18(16)25/h3-4,6,8-10,12-13H,5,7,11H2,1-2H3,(H,22,23,24). The molecule has 0 saturated heterocycles. The van der Waals surface area contributed by atoms with Crippen LogP contribution < -0.4 is 10.2 Å². The summed E-state index contributed by atoms with van der Waals surface area (Å²) in [5.41, 5.74) is 5.95. The molecule has 3 aromatic rings. The second kappa shape index (κ2) is 6.51. The number of hydrogen-bond acceptors (Lipinski definition) is 5. The molecule has 0 saturated carbocycles. The molecule has 1 N–H and O–H groups in total. The van der Waals surface area contributed by atoms with Crippen LogP contribution >= 0.6 is 0 Å². The van der Waals surface area contributed by atoms with Gasteiger partial charge in [0.1, 0.15) is 0 Å². The predicted molar refractivity (Wildman–Crippen MR) is 101 cm³/mol. The molecular weight excluding hydrogens is 310 g/mol. The monoisotopic (exact) mass is 331 g/mol. The van der Waals surface area contributed by atoms with Crippen LogP contribution in [-0.2, 0) is 6.42 Å². The summed E-state index contributed by atoms with van der Waals surface area (Å²) in [5, 5.41) is 11.8. The lowest BCUT2D eigenvalue weighted by molar-refractivity contribution is 0.742. The van der Waals surface area contributed by atoms with Gasteiger partial charge in [0.05, 0.1) is 6.20 Å². The predicted octanol–water partition coefficient (Wildman–Crippen LogP) is 4.32. The molecule has 126 valence electrons. The van der Waals surface area contributed by atoms with E-state index in [0.29, 0.717) is 11.8 Å². The number of rotatable bonds is 3. The van der Waals surface area contributed by atoms with E-state index in [0.717, 1.165) is 25.1 Å². The number of nitrogens with zero attached hydrogens (tertiary/aromatic N) is 4. The zero-order valence-corrected chi connectivity index (χ0v) is 14.5. The van der Waals surface area contributed by atoms with Crippen LogP contribution in [0.4, 0.5) is 23.1 Å². The highest BCUT2D eigenvalue weighted by Crippen LogP contribution is 2.31. The normalized spacial score (nSPS) is 13.4. The van der Waals surface area contributed by atoms with E-state index in [1.54, 1.807) is 6.20 Å². The van der Waals surface area contributed by atoms with Gasteiger partial charge in [-0.25, -0.2) is 0 Å². The fourth-order valence-corrected chi connectivity index (χ4v) is 3.22. The van der Waals surface area contributed by atoms with Gasteiger partial charge in [-0.3, -0.25) is 0 Å². The average Bonchev–Trinajstić information content (AvgIpc) is 2.64. The van der Waals surface area contributed by atoms with Crippen molar-refractivity contribution in [2.45, 2.75) is 26.7 Å². The third-order valence-electron chi connectivity index (χ3n) is 4.56. The summed E-state index contributed by atoms with van der Waals surface area (Å²) < 4.78 is 0. The Balaban J connectivity index is 1.66. The van der Waals surface area contributed by atoms with E-state index in [2.05, 4.69) is 76.7 Å². The van der Waals surface area contributed by atoms with Crippen LogP contribution in [0, 0.1) is 13.8 Å². The maximum atomic E-state index is 4.70. The SMILES string of the molecule is Cc1ccc(C)c(Nc2cnnc(N3CCCc4ccccc43)n2)c1. The van der Waals surface area contributed by atoms with Gasteiger partial charge in [-0.15, -0.1) is 5.10 Å². The van der Waals surface area contributed by atoms with Gasteiger partial charge < -0.3 is 10.2 Å². The molecule has 25 heavy (non-hydrogen) atoms. The number of para-hydroxylation sites is 1. The van der Waals surface area contributed by atoms with Crippen LogP contribution in [0.15, 0.2) is 48.7 Å². The Morgan fingerprint density at radius 3 is 2.88 bits per heavy atom. The minimum Gasteiger partial charge on any atom is -0.339 e. The molecule has 1 aliphatic rings. The molecular formula is C20H21N5. The molecule has 0 aliphatic carbocycles. The van der Waals surface area contributed by atoms with Gasteiger partial charge in [-0.2, -0.15) is 10.1 Å². The van der Waals surface area contributed by atoms with Crippen LogP contribution in [0.2, 0.25) is 0 Å². The molecule has 5 nitrogen and oxygen atoms in total. The van der Waals surface area contributed by atoms with Crippen molar-refractivity contribution in [1.82, 2.24) is 15.2 Å². The Morgan fingerprint density at radius 2 is 1.96 bits per heavy atom. The van der Waals surface area contributed by atoms with Crippen LogP contribution in [0.3, 0.4) is 0 Å². The van der Waals surface area contributed by atoms with E-state index in [1.807, 2.05) is 0 Å². The molecule has 1 aliphatic heterocycles. The van der Waals surface area contributed by atoms with E-state index in [-0.39, 0.29) is 0 Å². The van der Waals surface area contributed by atoms with E-state index >= 15 is 0 Å². The zero-order chi connectivity index (χ0) is 17.2. The number of aryl methyl sites for hydroxylation is 3. The first-order valence-electron chi connectivity index (χ1n) is 8.60. The van der Waals surface area contributed by atoms with Crippen molar-refractivity contribution >= 4 is 23.1 Å². The van der Waals surface area contributed by atoms with Gasteiger partial charge >= 0.3 is 0 Å². The highest BCUT2D eigenvalue weighted by atomic mass is 15.3. The van der Waals surface area contributed by atoms with Gasteiger partial charge in [-0.05, 0) is 55.5 Å². The van der Waals surface area contributed by atoms with Crippen LogP contribution in [-0.4, -0.2) is 21.7 Å². The number of hydrogen-bond donors (Lipinski definition) is 1.